The lowest BCUT2D eigenvalue weighted by molar-refractivity contribution is -0.201. The number of piperidine rings is 1. The van der Waals surface area contributed by atoms with E-state index in [0.29, 0.717) is 37.7 Å². The minimum atomic E-state index is -4.96. The van der Waals surface area contributed by atoms with Crippen LogP contribution in [0.3, 0.4) is 0 Å². The van der Waals surface area contributed by atoms with Gasteiger partial charge in [-0.2, -0.15) is 13.2 Å². The van der Waals surface area contributed by atoms with E-state index in [1.165, 1.54) is 0 Å². The third-order valence-corrected chi connectivity index (χ3v) is 6.54. The van der Waals surface area contributed by atoms with Crippen LogP contribution in [0.5, 0.6) is 0 Å². The Bertz CT molecular complexity index is 634. The van der Waals surface area contributed by atoms with Gasteiger partial charge in [0.25, 0.3) is 0 Å². The summed E-state index contributed by atoms with van der Waals surface area (Å²) in [7, 11) is 0. The van der Waals surface area contributed by atoms with E-state index in [1.807, 2.05) is 6.92 Å². The van der Waals surface area contributed by atoms with E-state index in [2.05, 4.69) is 0 Å². The molecule has 1 heterocycles. The number of ether oxygens (including phenoxy) is 1. The number of amides is 1. The minimum absolute atomic E-state index is 0.118. The van der Waals surface area contributed by atoms with E-state index in [9.17, 15) is 27.9 Å². The van der Waals surface area contributed by atoms with Crippen molar-refractivity contribution < 1.29 is 32.6 Å². The Morgan fingerprint density at radius 2 is 1.90 bits per heavy atom. The highest BCUT2D eigenvalue weighted by molar-refractivity contribution is 5.87. The number of carbonyl (C=O) groups is 2. The summed E-state index contributed by atoms with van der Waals surface area (Å²) < 4.78 is 45.6. The lowest BCUT2D eigenvalue weighted by Crippen LogP contribution is -2.64. The second-order valence-electron chi connectivity index (χ2n) is 8.32. The summed E-state index contributed by atoms with van der Waals surface area (Å²) in [6, 6.07) is -0.631. The number of aliphatic hydroxyl groups excluding tert-OH is 1. The van der Waals surface area contributed by atoms with Crippen molar-refractivity contribution in [1.82, 2.24) is 4.90 Å². The first kappa shape index (κ1) is 23.7. The first-order chi connectivity index (χ1) is 13.6. The molecule has 2 rings (SSSR count). The Hall–Kier alpha value is -1.57. The molecule has 5 nitrogen and oxygen atoms in total. The van der Waals surface area contributed by atoms with Gasteiger partial charge in [0.1, 0.15) is 0 Å². The molecule has 1 spiro atoms. The Kier molecular flexibility index (Phi) is 7.76. The number of hydrogen-bond donors (Lipinski definition) is 1. The number of carbonyl (C=O) groups excluding carboxylic acids is 2. The molecular weight excluding hydrogens is 387 g/mol. The number of likely N-dealkylation sites (tertiary alicyclic amines) is 1. The molecule has 0 bridgehead atoms. The number of alkyl halides is 3. The molecule has 2 aliphatic rings. The van der Waals surface area contributed by atoms with Crippen molar-refractivity contribution in [2.75, 3.05) is 13.2 Å². The Morgan fingerprint density at radius 1 is 1.28 bits per heavy atom. The minimum Gasteiger partial charge on any atom is -0.463 e. The molecule has 0 aromatic carbocycles. The van der Waals surface area contributed by atoms with Crippen molar-refractivity contribution in [2.24, 2.45) is 11.8 Å². The molecule has 0 aromatic heterocycles. The van der Waals surface area contributed by atoms with E-state index < -0.39 is 29.6 Å². The number of aliphatic hydroxyl groups is 1. The quantitative estimate of drug-likeness (QED) is 0.522. The SMILES string of the molecule is CCOC(=O)/C(C)=C/C[C@H]1CCC[C@]2(CCC[C@@H]2[C@H](C)CO)N1C(=O)C(F)(F)F. The number of nitrogens with zero attached hydrogens (tertiary/aromatic N) is 1. The Labute approximate surface area is 170 Å². The number of rotatable bonds is 6. The molecule has 4 atom stereocenters. The topological polar surface area (TPSA) is 66.8 Å². The molecule has 29 heavy (non-hydrogen) atoms. The lowest BCUT2D eigenvalue weighted by atomic mass is 9.71. The normalized spacial score (nSPS) is 29.2. The molecule has 1 aliphatic carbocycles. The summed E-state index contributed by atoms with van der Waals surface area (Å²) in [4.78, 5) is 25.5. The maximum absolute atomic E-state index is 13.6. The van der Waals surface area contributed by atoms with Crippen LogP contribution >= 0.6 is 0 Å². The molecule has 1 saturated heterocycles. The van der Waals surface area contributed by atoms with Crippen LogP contribution in [0.2, 0.25) is 0 Å². The van der Waals surface area contributed by atoms with Gasteiger partial charge < -0.3 is 14.7 Å². The summed E-state index contributed by atoms with van der Waals surface area (Å²) in [5, 5.41) is 9.66. The average molecular weight is 419 g/mol. The summed E-state index contributed by atoms with van der Waals surface area (Å²) in [5.41, 5.74) is -0.554. The van der Waals surface area contributed by atoms with Crippen molar-refractivity contribution in [3.63, 3.8) is 0 Å². The van der Waals surface area contributed by atoms with Gasteiger partial charge >= 0.3 is 18.1 Å². The van der Waals surface area contributed by atoms with E-state index in [4.69, 9.17) is 4.74 Å². The Balaban J connectivity index is 2.39. The van der Waals surface area contributed by atoms with E-state index in [1.54, 1.807) is 19.9 Å². The summed E-state index contributed by atoms with van der Waals surface area (Å²) >= 11 is 0. The van der Waals surface area contributed by atoms with Crippen molar-refractivity contribution in [1.29, 1.82) is 0 Å². The molecule has 8 heteroatoms. The van der Waals surface area contributed by atoms with E-state index in [-0.39, 0.29) is 31.5 Å². The lowest BCUT2D eigenvalue weighted by Gasteiger charge is -2.54. The first-order valence-corrected chi connectivity index (χ1v) is 10.4. The molecular formula is C21H32F3NO4. The van der Waals surface area contributed by atoms with Gasteiger partial charge in [0.15, 0.2) is 0 Å². The smallest absolute Gasteiger partial charge is 0.463 e. The van der Waals surface area contributed by atoms with Crippen LogP contribution in [0.15, 0.2) is 11.6 Å². The largest absolute Gasteiger partial charge is 0.471 e. The van der Waals surface area contributed by atoms with Gasteiger partial charge in [-0.3, -0.25) is 4.79 Å². The van der Waals surface area contributed by atoms with Gasteiger partial charge in [0.05, 0.1) is 6.61 Å². The van der Waals surface area contributed by atoms with Crippen molar-refractivity contribution in [3.8, 4) is 0 Å². The molecule has 1 amide bonds. The third kappa shape index (κ3) is 4.95. The van der Waals surface area contributed by atoms with Crippen LogP contribution in [0, 0.1) is 11.8 Å². The predicted octanol–water partition coefficient (Wildman–Crippen LogP) is 4.00. The zero-order chi connectivity index (χ0) is 21.8. The average Bonchev–Trinajstić information content (AvgIpc) is 3.08. The summed E-state index contributed by atoms with van der Waals surface area (Å²) in [6.07, 6.45) is 0.435. The highest BCUT2D eigenvalue weighted by Crippen LogP contribution is 2.52. The maximum atomic E-state index is 13.6. The number of esters is 1. The fourth-order valence-corrected chi connectivity index (χ4v) is 5.26. The molecule has 0 aromatic rings. The van der Waals surface area contributed by atoms with Gasteiger partial charge in [0.2, 0.25) is 0 Å². The second-order valence-corrected chi connectivity index (χ2v) is 8.32. The Morgan fingerprint density at radius 3 is 2.45 bits per heavy atom. The first-order valence-electron chi connectivity index (χ1n) is 10.4. The van der Waals surface area contributed by atoms with Crippen LogP contribution in [-0.2, 0) is 14.3 Å². The van der Waals surface area contributed by atoms with Gasteiger partial charge in [-0.05, 0) is 64.2 Å². The third-order valence-electron chi connectivity index (χ3n) is 6.54. The maximum Gasteiger partial charge on any atom is 0.471 e. The molecule has 1 saturated carbocycles. The monoisotopic (exact) mass is 419 g/mol. The van der Waals surface area contributed by atoms with E-state index >= 15 is 0 Å². The van der Waals surface area contributed by atoms with Crippen molar-refractivity contribution in [3.05, 3.63) is 11.6 Å². The molecule has 166 valence electrons. The van der Waals surface area contributed by atoms with E-state index in [0.717, 1.165) is 11.3 Å². The van der Waals surface area contributed by atoms with Crippen LogP contribution < -0.4 is 0 Å². The second kappa shape index (κ2) is 9.49. The number of halogens is 3. The highest BCUT2D eigenvalue weighted by Gasteiger charge is 2.58. The summed E-state index contributed by atoms with van der Waals surface area (Å²) in [5.74, 6) is -2.66. The number of hydrogen-bond acceptors (Lipinski definition) is 4. The van der Waals surface area contributed by atoms with Crippen molar-refractivity contribution in [2.45, 2.75) is 83.5 Å². The van der Waals surface area contributed by atoms with Crippen molar-refractivity contribution >= 4 is 11.9 Å². The molecule has 0 unspecified atom stereocenters. The zero-order valence-corrected chi connectivity index (χ0v) is 17.4. The van der Waals surface area contributed by atoms with Gasteiger partial charge in [-0.25, -0.2) is 4.79 Å². The van der Waals surface area contributed by atoms with Gasteiger partial charge in [0, 0.05) is 23.8 Å². The van der Waals surface area contributed by atoms with Crippen LogP contribution in [-0.4, -0.2) is 52.9 Å². The fourth-order valence-electron chi connectivity index (χ4n) is 5.26. The molecule has 1 aliphatic heterocycles. The van der Waals surface area contributed by atoms with Crippen LogP contribution in [0.4, 0.5) is 13.2 Å². The zero-order valence-electron chi connectivity index (χ0n) is 17.4. The summed E-state index contributed by atoms with van der Waals surface area (Å²) in [6.45, 7) is 5.19. The van der Waals surface area contributed by atoms with Gasteiger partial charge in [-0.1, -0.05) is 19.4 Å². The molecule has 1 N–H and O–H groups in total. The fraction of sp³-hybridized carbons (Fsp3) is 0.810. The van der Waals surface area contributed by atoms with Crippen LogP contribution in [0.1, 0.15) is 65.7 Å². The standard InChI is InChI=1S/C21H32F3NO4/c1-4-29-18(27)14(2)9-10-16-7-5-11-20(25(16)19(28)21(22,23)24)12-6-8-17(20)15(3)13-26/h9,15-17,26H,4-8,10-13H2,1-3H3/b14-9+/t15-,16-,17-,20-/m1/s1. The highest BCUT2D eigenvalue weighted by atomic mass is 19.4. The predicted molar refractivity (Wildman–Crippen MR) is 102 cm³/mol. The molecule has 2 fully saturated rings. The van der Waals surface area contributed by atoms with Crippen LogP contribution in [0.25, 0.3) is 0 Å². The van der Waals surface area contributed by atoms with Gasteiger partial charge in [-0.15, -0.1) is 0 Å². The molecule has 0 radical (unpaired) electrons.